The zero-order chi connectivity index (χ0) is 26.4. The maximum Gasteiger partial charge on any atom is 0.267 e. The number of piperidine rings is 1. The highest BCUT2D eigenvalue weighted by Crippen LogP contribution is 2.27. The third kappa shape index (κ3) is 5.65. The number of nitriles is 1. The fraction of sp³-hybridized carbons (Fsp3) is 0.192. The highest BCUT2D eigenvalue weighted by Gasteiger charge is 2.27. The van der Waals surface area contributed by atoms with E-state index in [1.807, 2.05) is 0 Å². The summed E-state index contributed by atoms with van der Waals surface area (Å²) >= 11 is 0. The molecule has 1 saturated heterocycles. The normalized spacial score (nSPS) is 15.5. The van der Waals surface area contributed by atoms with E-state index in [0.717, 1.165) is 0 Å². The molecule has 0 aliphatic carbocycles. The van der Waals surface area contributed by atoms with Crippen molar-refractivity contribution in [2.24, 2.45) is 0 Å². The first-order valence-electron chi connectivity index (χ1n) is 11.4. The number of benzene rings is 2. The molecule has 0 saturated carbocycles. The van der Waals surface area contributed by atoms with Crippen LogP contribution in [0.25, 0.3) is 0 Å². The number of nitrogens with zero attached hydrogens (tertiary/aromatic N) is 4. The Morgan fingerprint density at radius 3 is 2.73 bits per heavy atom. The number of carbonyl (C=O) groups is 1. The minimum absolute atomic E-state index is 0.0664. The minimum atomic E-state index is -0.552. The summed E-state index contributed by atoms with van der Waals surface area (Å²) in [4.78, 5) is 22.3. The summed E-state index contributed by atoms with van der Waals surface area (Å²) in [5.74, 6) is -0.103. The number of ether oxygens (including phenoxy) is 1. The summed E-state index contributed by atoms with van der Waals surface area (Å²) in [7, 11) is 0. The molecule has 0 radical (unpaired) electrons. The lowest BCUT2D eigenvalue weighted by Crippen LogP contribution is -2.45. The van der Waals surface area contributed by atoms with E-state index in [-0.39, 0.29) is 35.4 Å². The summed E-state index contributed by atoms with van der Waals surface area (Å²) in [5.41, 5.74) is 6.67. The third-order valence-electron chi connectivity index (χ3n) is 5.86. The predicted molar refractivity (Wildman–Crippen MR) is 135 cm³/mol. The van der Waals surface area contributed by atoms with Crippen LogP contribution in [0.3, 0.4) is 0 Å². The standard InChI is InChI=1S/C26H24FN7O3/c27-20-5-1-2-6-21(20)37-19-9-7-16(8-10-19)23(29)22-24(30)31-15-32-25(22)33-18-4-3-11-34(13-18)26(36)17(12-28)14-35/h1-2,5-10,14-15,18,29,35H,3-4,11,13H2,(H3,30,31,32,33)/b17-14+,29-23?/t18-/m1/s1. The zero-order valence-corrected chi connectivity index (χ0v) is 19.7. The van der Waals surface area contributed by atoms with E-state index in [1.54, 1.807) is 42.5 Å². The van der Waals surface area contributed by atoms with Gasteiger partial charge in [-0.05, 0) is 49.2 Å². The Kier molecular flexibility index (Phi) is 7.59. The predicted octanol–water partition coefficient (Wildman–Crippen LogP) is 3.77. The van der Waals surface area contributed by atoms with Gasteiger partial charge in [0.2, 0.25) is 0 Å². The maximum atomic E-state index is 13.9. The number of hydrogen-bond donors (Lipinski definition) is 4. The number of amides is 1. The number of nitrogens with one attached hydrogen (secondary N) is 2. The van der Waals surface area contributed by atoms with Gasteiger partial charge >= 0.3 is 0 Å². The lowest BCUT2D eigenvalue weighted by Gasteiger charge is -2.33. The molecule has 1 fully saturated rings. The van der Waals surface area contributed by atoms with Gasteiger partial charge in [-0.15, -0.1) is 0 Å². The molecule has 1 amide bonds. The van der Waals surface area contributed by atoms with Gasteiger partial charge in [-0.25, -0.2) is 14.4 Å². The first-order chi connectivity index (χ1) is 17.9. The summed E-state index contributed by atoms with van der Waals surface area (Å²) in [6, 6.07) is 14.1. The number of para-hydroxylation sites is 1. The van der Waals surface area contributed by atoms with Crippen LogP contribution < -0.4 is 15.8 Å². The van der Waals surface area contributed by atoms with Crippen molar-refractivity contribution in [2.45, 2.75) is 18.9 Å². The van der Waals surface area contributed by atoms with Crippen LogP contribution in [0.4, 0.5) is 16.0 Å². The fourth-order valence-corrected chi connectivity index (χ4v) is 4.02. The molecule has 2 aromatic carbocycles. The number of carbonyl (C=O) groups excluding carboxylic acids is 1. The number of aliphatic hydroxyl groups is 1. The van der Waals surface area contributed by atoms with Crippen molar-refractivity contribution in [2.75, 3.05) is 24.1 Å². The van der Waals surface area contributed by atoms with Crippen LogP contribution in [-0.4, -0.2) is 50.7 Å². The van der Waals surface area contributed by atoms with E-state index in [2.05, 4.69) is 15.3 Å². The van der Waals surface area contributed by atoms with Crippen LogP contribution in [0, 0.1) is 22.6 Å². The van der Waals surface area contributed by atoms with E-state index < -0.39 is 11.7 Å². The van der Waals surface area contributed by atoms with Crippen LogP contribution in [0.1, 0.15) is 24.0 Å². The smallest absolute Gasteiger partial charge is 0.267 e. The van der Waals surface area contributed by atoms with E-state index in [4.69, 9.17) is 26.2 Å². The van der Waals surface area contributed by atoms with Crippen molar-refractivity contribution in [1.82, 2.24) is 14.9 Å². The highest BCUT2D eigenvalue weighted by molar-refractivity contribution is 6.16. The van der Waals surface area contributed by atoms with Gasteiger partial charge in [0, 0.05) is 24.7 Å². The Morgan fingerprint density at radius 1 is 1.27 bits per heavy atom. The molecule has 4 rings (SSSR count). The Bertz CT molecular complexity index is 1390. The summed E-state index contributed by atoms with van der Waals surface area (Å²) < 4.78 is 19.5. The largest absolute Gasteiger partial charge is 0.514 e. The minimum Gasteiger partial charge on any atom is -0.514 e. The molecule has 2 heterocycles. The van der Waals surface area contributed by atoms with Gasteiger partial charge in [-0.3, -0.25) is 10.2 Å². The quantitative estimate of drug-likeness (QED) is 0.165. The average Bonchev–Trinajstić information content (AvgIpc) is 2.91. The van der Waals surface area contributed by atoms with E-state index in [1.165, 1.54) is 23.4 Å². The molecular formula is C26H24FN7O3. The van der Waals surface area contributed by atoms with Crippen molar-refractivity contribution in [3.8, 4) is 17.6 Å². The number of hydrogen-bond acceptors (Lipinski definition) is 9. The molecule has 37 heavy (non-hydrogen) atoms. The van der Waals surface area contributed by atoms with Crippen LogP contribution in [0.2, 0.25) is 0 Å². The summed E-state index contributed by atoms with van der Waals surface area (Å²) in [5, 5.41) is 30.2. The van der Waals surface area contributed by atoms with Crippen LogP contribution in [-0.2, 0) is 4.79 Å². The summed E-state index contributed by atoms with van der Waals surface area (Å²) in [6.07, 6.45) is 3.18. The van der Waals surface area contributed by atoms with Crippen molar-refractivity contribution in [3.63, 3.8) is 0 Å². The number of nitrogens with two attached hydrogens (primary N) is 1. The molecule has 10 nitrogen and oxygen atoms in total. The number of halogens is 1. The highest BCUT2D eigenvalue weighted by atomic mass is 19.1. The molecule has 0 spiro atoms. The molecule has 3 aromatic rings. The van der Waals surface area contributed by atoms with E-state index >= 15 is 0 Å². The maximum absolute atomic E-state index is 13.9. The molecule has 1 aromatic heterocycles. The number of aliphatic hydroxyl groups excluding tert-OH is 1. The van der Waals surface area contributed by atoms with Crippen molar-refractivity contribution < 1.29 is 19.0 Å². The monoisotopic (exact) mass is 501 g/mol. The first kappa shape index (κ1) is 25.1. The Balaban J connectivity index is 1.51. The molecule has 0 unspecified atom stereocenters. The van der Waals surface area contributed by atoms with Crippen LogP contribution in [0.5, 0.6) is 11.5 Å². The third-order valence-corrected chi connectivity index (χ3v) is 5.86. The SMILES string of the molecule is N#C/C(=C\O)C(=O)N1CCC[C@@H](Nc2ncnc(N)c2C(=N)c2ccc(Oc3ccccc3F)cc2)C1. The van der Waals surface area contributed by atoms with Gasteiger partial charge in [0.15, 0.2) is 17.1 Å². The number of likely N-dealkylation sites (tertiary alicyclic amines) is 1. The van der Waals surface area contributed by atoms with Gasteiger partial charge in [-0.1, -0.05) is 12.1 Å². The van der Waals surface area contributed by atoms with Crippen LogP contribution in [0.15, 0.2) is 66.7 Å². The van der Waals surface area contributed by atoms with Gasteiger partial charge in [0.05, 0.1) is 11.3 Å². The Morgan fingerprint density at radius 2 is 2.03 bits per heavy atom. The zero-order valence-electron chi connectivity index (χ0n) is 19.7. The molecule has 188 valence electrons. The van der Waals surface area contributed by atoms with E-state index in [0.29, 0.717) is 48.3 Å². The number of aromatic nitrogens is 2. The molecule has 1 atom stereocenters. The average molecular weight is 502 g/mol. The Labute approximate surface area is 212 Å². The van der Waals surface area contributed by atoms with Crippen LogP contribution >= 0.6 is 0 Å². The first-order valence-corrected chi connectivity index (χ1v) is 11.4. The Hall–Kier alpha value is -4.98. The van der Waals surface area contributed by atoms with Gasteiger partial charge < -0.3 is 25.8 Å². The fourth-order valence-electron chi connectivity index (χ4n) is 4.02. The second-order valence-corrected chi connectivity index (χ2v) is 8.30. The number of anilines is 2. The topological polar surface area (TPSA) is 161 Å². The molecule has 11 heteroatoms. The molecule has 1 aliphatic rings. The second kappa shape index (κ2) is 11.2. The molecule has 5 N–H and O–H groups in total. The van der Waals surface area contributed by atoms with Crippen molar-refractivity contribution in [1.29, 1.82) is 10.7 Å². The van der Waals surface area contributed by atoms with Gasteiger partial charge in [0.25, 0.3) is 5.91 Å². The van der Waals surface area contributed by atoms with Gasteiger partial charge in [0.1, 0.15) is 36.0 Å². The lowest BCUT2D eigenvalue weighted by atomic mass is 10.0. The lowest BCUT2D eigenvalue weighted by molar-refractivity contribution is -0.127. The molecule has 0 bridgehead atoms. The number of nitrogen functional groups attached to an aromatic ring is 1. The van der Waals surface area contributed by atoms with E-state index in [9.17, 15) is 9.18 Å². The van der Waals surface area contributed by atoms with Crippen molar-refractivity contribution in [3.05, 3.63) is 83.6 Å². The van der Waals surface area contributed by atoms with Crippen molar-refractivity contribution >= 4 is 23.3 Å². The second-order valence-electron chi connectivity index (χ2n) is 8.30. The number of rotatable bonds is 7. The molecule has 1 aliphatic heterocycles. The van der Waals surface area contributed by atoms with Gasteiger partial charge in [-0.2, -0.15) is 5.26 Å². The summed E-state index contributed by atoms with van der Waals surface area (Å²) in [6.45, 7) is 0.725. The molecular weight excluding hydrogens is 477 g/mol.